The lowest BCUT2D eigenvalue weighted by Crippen LogP contribution is -2.23. The Labute approximate surface area is 102 Å². The highest BCUT2D eigenvalue weighted by Crippen LogP contribution is 2.37. The molecule has 0 atom stereocenters. The van der Waals surface area contributed by atoms with Crippen LogP contribution in [0.2, 0.25) is 0 Å². The molecule has 1 aromatic rings. The third-order valence-corrected chi connectivity index (χ3v) is 3.78. The van der Waals surface area contributed by atoms with Crippen LogP contribution in [0.25, 0.3) is 0 Å². The van der Waals surface area contributed by atoms with E-state index >= 15 is 0 Å². The van der Waals surface area contributed by atoms with Crippen LogP contribution in [-0.2, 0) is 6.42 Å². The molecule has 1 aliphatic heterocycles. The molecule has 17 heavy (non-hydrogen) atoms. The Hall–Kier alpha value is -1.35. The molecule has 2 N–H and O–H groups in total. The molecular formula is C14H19N3. The van der Waals surface area contributed by atoms with E-state index in [2.05, 4.69) is 34.2 Å². The molecule has 3 nitrogen and oxygen atoms in total. The van der Waals surface area contributed by atoms with E-state index in [9.17, 15) is 0 Å². The largest absolute Gasteiger partial charge is 0.331 e. The first-order chi connectivity index (χ1) is 8.27. The molecule has 3 heteroatoms. The normalized spacial score (nSPS) is 20.9. The maximum absolute atomic E-state index is 6.16. The van der Waals surface area contributed by atoms with Crippen LogP contribution in [0.15, 0.2) is 29.3 Å². The minimum atomic E-state index is 0.145. The van der Waals surface area contributed by atoms with Gasteiger partial charge in [-0.15, -0.1) is 0 Å². The van der Waals surface area contributed by atoms with Crippen LogP contribution >= 0.6 is 0 Å². The second-order valence-electron chi connectivity index (χ2n) is 5.21. The van der Waals surface area contributed by atoms with Gasteiger partial charge in [0.1, 0.15) is 0 Å². The van der Waals surface area contributed by atoms with Crippen LogP contribution in [0.1, 0.15) is 24.8 Å². The summed E-state index contributed by atoms with van der Waals surface area (Å²) in [6.45, 7) is 1.92. The summed E-state index contributed by atoms with van der Waals surface area (Å²) in [6.07, 6.45) is 6.53. The Morgan fingerprint density at radius 3 is 2.82 bits per heavy atom. The minimum Gasteiger partial charge on any atom is -0.331 e. The summed E-state index contributed by atoms with van der Waals surface area (Å²) < 4.78 is 0. The van der Waals surface area contributed by atoms with Crippen LogP contribution in [0.5, 0.6) is 0 Å². The first-order valence-electron chi connectivity index (χ1n) is 6.40. The van der Waals surface area contributed by atoms with E-state index in [1.165, 1.54) is 24.1 Å². The standard InChI is InChI=1S/C14H19N3/c15-14(7-8-14)6-5-12-3-1-2-4-13(12)17-10-9-16-11-17/h1-4,11H,5-10,15H2. The number of anilines is 1. The van der Waals surface area contributed by atoms with Gasteiger partial charge in [0.15, 0.2) is 0 Å². The van der Waals surface area contributed by atoms with Gasteiger partial charge in [0.2, 0.25) is 0 Å². The SMILES string of the molecule is NC1(CCc2ccccc2N2C=NCC2)CC1. The van der Waals surface area contributed by atoms with Gasteiger partial charge in [-0.3, -0.25) is 4.99 Å². The van der Waals surface area contributed by atoms with Crippen molar-refractivity contribution in [1.82, 2.24) is 0 Å². The van der Waals surface area contributed by atoms with Gasteiger partial charge in [0.25, 0.3) is 0 Å². The summed E-state index contributed by atoms with van der Waals surface area (Å²) in [6, 6.07) is 8.61. The molecule has 0 amide bonds. The minimum absolute atomic E-state index is 0.145. The highest BCUT2D eigenvalue weighted by Gasteiger charge is 2.37. The lowest BCUT2D eigenvalue weighted by atomic mass is 10.0. The smallest absolute Gasteiger partial charge is 0.0895 e. The number of para-hydroxylation sites is 1. The van der Waals surface area contributed by atoms with Gasteiger partial charge in [-0.1, -0.05) is 18.2 Å². The number of aliphatic imine (C=N–C) groups is 1. The molecule has 3 rings (SSSR count). The third kappa shape index (κ3) is 2.34. The van der Waals surface area contributed by atoms with E-state index in [4.69, 9.17) is 5.73 Å². The van der Waals surface area contributed by atoms with Crippen molar-refractivity contribution in [3.05, 3.63) is 29.8 Å². The molecule has 0 unspecified atom stereocenters. The topological polar surface area (TPSA) is 41.6 Å². The van der Waals surface area contributed by atoms with Crippen LogP contribution in [0, 0.1) is 0 Å². The predicted molar refractivity (Wildman–Crippen MR) is 71.6 cm³/mol. The number of rotatable bonds is 4. The number of benzene rings is 1. The second-order valence-corrected chi connectivity index (χ2v) is 5.21. The van der Waals surface area contributed by atoms with E-state index in [1.54, 1.807) is 0 Å². The van der Waals surface area contributed by atoms with Gasteiger partial charge in [0.05, 0.1) is 12.9 Å². The molecule has 0 radical (unpaired) electrons. The van der Waals surface area contributed by atoms with E-state index in [1.807, 2.05) is 6.34 Å². The summed E-state index contributed by atoms with van der Waals surface area (Å²) in [5.74, 6) is 0. The predicted octanol–water partition coefficient (Wildman–Crippen LogP) is 1.96. The van der Waals surface area contributed by atoms with Gasteiger partial charge in [-0.25, -0.2) is 0 Å². The van der Waals surface area contributed by atoms with Gasteiger partial charge >= 0.3 is 0 Å². The fourth-order valence-electron chi connectivity index (χ4n) is 2.36. The first-order valence-corrected chi connectivity index (χ1v) is 6.40. The maximum Gasteiger partial charge on any atom is 0.0895 e. The summed E-state index contributed by atoms with van der Waals surface area (Å²) in [4.78, 5) is 6.52. The molecule has 0 spiro atoms. The van der Waals surface area contributed by atoms with Crippen LogP contribution in [-0.4, -0.2) is 25.0 Å². The lowest BCUT2D eigenvalue weighted by molar-refractivity contribution is 0.609. The quantitative estimate of drug-likeness (QED) is 0.857. The molecule has 0 bridgehead atoms. The molecule has 1 fully saturated rings. The average Bonchev–Trinajstić information content (AvgIpc) is 2.88. The van der Waals surface area contributed by atoms with Crippen LogP contribution in [0.4, 0.5) is 5.69 Å². The molecule has 1 saturated carbocycles. The Bertz CT molecular complexity index is 435. The molecular weight excluding hydrogens is 210 g/mol. The Morgan fingerprint density at radius 2 is 2.12 bits per heavy atom. The van der Waals surface area contributed by atoms with Gasteiger partial charge in [0, 0.05) is 17.8 Å². The summed E-state index contributed by atoms with van der Waals surface area (Å²) in [5.41, 5.74) is 9.01. The lowest BCUT2D eigenvalue weighted by Gasteiger charge is -2.19. The van der Waals surface area contributed by atoms with E-state index in [0.29, 0.717) is 0 Å². The average molecular weight is 229 g/mol. The first kappa shape index (κ1) is 10.8. The second kappa shape index (κ2) is 4.15. The van der Waals surface area contributed by atoms with Gasteiger partial charge in [-0.2, -0.15) is 0 Å². The van der Waals surface area contributed by atoms with Crippen molar-refractivity contribution in [3.8, 4) is 0 Å². The number of nitrogens with two attached hydrogens (primary N) is 1. The molecule has 1 heterocycles. The highest BCUT2D eigenvalue weighted by atomic mass is 15.2. The summed E-state index contributed by atoms with van der Waals surface area (Å²) in [7, 11) is 0. The van der Waals surface area contributed by atoms with E-state index in [0.717, 1.165) is 25.9 Å². The van der Waals surface area contributed by atoms with Crippen molar-refractivity contribution < 1.29 is 0 Å². The Morgan fingerprint density at radius 1 is 1.29 bits per heavy atom. The zero-order valence-corrected chi connectivity index (χ0v) is 10.1. The Balaban J connectivity index is 1.75. The fraction of sp³-hybridized carbons (Fsp3) is 0.500. The van der Waals surface area contributed by atoms with Crippen molar-refractivity contribution in [3.63, 3.8) is 0 Å². The zero-order chi connectivity index (χ0) is 11.7. The van der Waals surface area contributed by atoms with Gasteiger partial charge < -0.3 is 10.6 Å². The molecule has 1 aromatic carbocycles. The molecule has 1 aliphatic carbocycles. The number of hydrogen-bond acceptors (Lipinski definition) is 3. The van der Waals surface area contributed by atoms with Crippen molar-refractivity contribution in [2.45, 2.75) is 31.2 Å². The molecule has 0 saturated heterocycles. The number of hydrogen-bond donors (Lipinski definition) is 1. The van der Waals surface area contributed by atoms with E-state index < -0.39 is 0 Å². The van der Waals surface area contributed by atoms with Crippen molar-refractivity contribution >= 4 is 12.0 Å². The summed E-state index contributed by atoms with van der Waals surface area (Å²) >= 11 is 0. The van der Waals surface area contributed by atoms with E-state index in [-0.39, 0.29) is 5.54 Å². The van der Waals surface area contributed by atoms with Crippen molar-refractivity contribution in [2.24, 2.45) is 10.7 Å². The van der Waals surface area contributed by atoms with Crippen molar-refractivity contribution in [1.29, 1.82) is 0 Å². The maximum atomic E-state index is 6.16. The summed E-state index contributed by atoms with van der Waals surface area (Å²) in [5, 5.41) is 0. The molecule has 0 aromatic heterocycles. The van der Waals surface area contributed by atoms with Crippen LogP contribution < -0.4 is 10.6 Å². The highest BCUT2D eigenvalue weighted by molar-refractivity contribution is 5.82. The zero-order valence-electron chi connectivity index (χ0n) is 10.1. The monoisotopic (exact) mass is 229 g/mol. The van der Waals surface area contributed by atoms with Crippen molar-refractivity contribution in [2.75, 3.05) is 18.0 Å². The van der Waals surface area contributed by atoms with Gasteiger partial charge in [-0.05, 0) is 37.3 Å². The number of nitrogens with zero attached hydrogens (tertiary/aromatic N) is 2. The Kier molecular flexibility index (Phi) is 2.63. The fourth-order valence-corrected chi connectivity index (χ4v) is 2.36. The third-order valence-electron chi connectivity index (χ3n) is 3.78. The number of aryl methyl sites for hydroxylation is 1. The molecule has 90 valence electrons. The van der Waals surface area contributed by atoms with Crippen LogP contribution in [0.3, 0.4) is 0 Å². The molecule has 2 aliphatic rings.